The second kappa shape index (κ2) is 6.89. The Labute approximate surface area is 129 Å². The van der Waals surface area contributed by atoms with Gasteiger partial charge >= 0.3 is 0 Å². The number of carbonyl (C=O) groups excluding carboxylic acids is 1. The summed E-state index contributed by atoms with van der Waals surface area (Å²) in [6.45, 7) is 2.04. The molecule has 0 atom stereocenters. The summed E-state index contributed by atoms with van der Waals surface area (Å²) in [4.78, 5) is 12.1. The summed E-state index contributed by atoms with van der Waals surface area (Å²) in [5.41, 5.74) is 1.30. The number of aryl methyl sites for hydroxylation is 1. The fourth-order valence-electron chi connectivity index (χ4n) is 2.12. The van der Waals surface area contributed by atoms with Crippen LogP contribution in [0.5, 0.6) is 17.2 Å². The lowest BCUT2D eigenvalue weighted by Crippen LogP contribution is -2.23. The SMILES string of the molecule is COc1cc(OC)c(OC)cc1CNC(=O)c1ccoc1C. The van der Waals surface area contributed by atoms with Crippen molar-refractivity contribution >= 4 is 5.91 Å². The topological polar surface area (TPSA) is 69.9 Å². The third kappa shape index (κ3) is 3.16. The number of hydrogen-bond acceptors (Lipinski definition) is 5. The molecule has 22 heavy (non-hydrogen) atoms. The number of benzene rings is 1. The van der Waals surface area contributed by atoms with E-state index < -0.39 is 0 Å². The zero-order valence-electron chi connectivity index (χ0n) is 13.1. The molecule has 0 aliphatic rings. The first-order valence-corrected chi connectivity index (χ1v) is 6.71. The van der Waals surface area contributed by atoms with Gasteiger partial charge in [-0.05, 0) is 19.1 Å². The lowest BCUT2D eigenvalue weighted by molar-refractivity contribution is 0.0949. The van der Waals surface area contributed by atoms with E-state index in [1.54, 1.807) is 46.5 Å². The maximum atomic E-state index is 12.1. The summed E-state index contributed by atoms with van der Waals surface area (Å²) in [7, 11) is 4.68. The van der Waals surface area contributed by atoms with Crippen molar-refractivity contribution in [3.8, 4) is 17.2 Å². The molecule has 1 heterocycles. The van der Waals surface area contributed by atoms with Crippen molar-refractivity contribution in [2.75, 3.05) is 21.3 Å². The van der Waals surface area contributed by atoms with E-state index in [4.69, 9.17) is 18.6 Å². The molecule has 0 saturated carbocycles. The van der Waals surface area contributed by atoms with E-state index >= 15 is 0 Å². The van der Waals surface area contributed by atoms with E-state index in [0.717, 1.165) is 5.56 Å². The molecular weight excluding hydrogens is 286 g/mol. The van der Waals surface area contributed by atoms with Crippen molar-refractivity contribution in [1.82, 2.24) is 5.32 Å². The monoisotopic (exact) mass is 305 g/mol. The van der Waals surface area contributed by atoms with Crippen molar-refractivity contribution in [2.24, 2.45) is 0 Å². The highest BCUT2D eigenvalue weighted by Gasteiger charge is 2.15. The normalized spacial score (nSPS) is 10.2. The summed E-state index contributed by atoms with van der Waals surface area (Å²) < 4.78 is 21.0. The smallest absolute Gasteiger partial charge is 0.255 e. The Kier molecular flexibility index (Phi) is 4.93. The lowest BCUT2D eigenvalue weighted by Gasteiger charge is -2.14. The van der Waals surface area contributed by atoms with Crippen LogP contribution in [0.4, 0.5) is 0 Å². The largest absolute Gasteiger partial charge is 0.496 e. The van der Waals surface area contributed by atoms with Gasteiger partial charge in [0.15, 0.2) is 11.5 Å². The molecule has 6 nitrogen and oxygen atoms in total. The maximum absolute atomic E-state index is 12.1. The van der Waals surface area contributed by atoms with Crippen LogP contribution >= 0.6 is 0 Å². The number of amides is 1. The van der Waals surface area contributed by atoms with Gasteiger partial charge in [0.05, 0.1) is 33.2 Å². The van der Waals surface area contributed by atoms with Crippen LogP contribution in [-0.4, -0.2) is 27.2 Å². The van der Waals surface area contributed by atoms with Gasteiger partial charge in [0.25, 0.3) is 5.91 Å². The van der Waals surface area contributed by atoms with E-state index in [0.29, 0.717) is 35.1 Å². The Balaban J connectivity index is 2.18. The molecule has 0 bridgehead atoms. The fraction of sp³-hybridized carbons (Fsp3) is 0.312. The third-order valence-electron chi connectivity index (χ3n) is 3.33. The molecule has 1 aromatic carbocycles. The number of hydrogen-bond donors (Lipinski definition) is 1. The summed E-state index contributed by atoms with van der Waals surface area (Å²) in [5.74, 6) is 2.13. The fourth-order valence-corrected chi connectivity index (χ4v) is 2.12. The van der Waals surface area contributed by atoms with Gasteiger partial charge in [-0.1, -0.05) is 0 Å². The molecule has 2 aromatic rings. The molecule has 1 N–H and O–H groups in total. The molecular formula is C16H19NO5. The summed E-state index contributed by atoms with van der Waals surface area (Å²) in [5, 5.41) is 2.83. The van der Waals surface area contributed by atoms with E-state index in [9.17, 15) is 4.79 Å². The Morgan fingerprint density at radius 2 is 1.73 bits per heavy atom. The molecule has 6 heteroatoms. The van der Waals surface area contributed by atoms with Crippen LogP contribution in [0.25, 0.3) is 0 Å². The molecule has 0 radical (unpaired) electrons. The standard InChI is InChI=1S/C16H19NO5/c1-10-12(5-6-22-10)16(18)17-9-11-7-14(20-3)15(21-4)8-13(11)19-2/h5-8H,9H2,1-4H3,(H,17,18). The molecule has 0 unspecified atom stereocenters. The van der Waals surface area contributed by atoms with E-state index in [2.05, 4.69) is 5.32 Å². The number of methoxy groups -OCH3 is 3. The zero-order valence-corrected chi connectivity index (χ0v) is 13.1. The Hall–Kier alpha value is -2.63. The van der Waals surface area contributed by atoms with Gasteiger partial charge in [-0.2, -0.15) is 0 Å². The van der Waals surface area contributed by atoms with Crippen molar-refractivity contribution in [2.45, 2.75) is 13.5 Å². The van der Waals surface area contributed by atoms with Gasteiger partial charge in [-0.25, -0.2) is 0 Å². The summed E-state index contributed by atoms with van der Waals surface area (Å²) >= 11 is 0. The first kappa shape index (κ1) is 15.8. The highest BCUT2D eigenvalue weighted by molar-refractivity contribution is 5.95. The average molecular weight is 305 g/mol. The van der Waals surface area contributed by atoms with Gasteiger partial charge in [-0.15, -0.1) is 0 Å². The highest BCUT2D eigenvalue weighted by Crippen LogP contribution is 2.34. The number of ether oxygens (including phenoxy) is 3. The van der Waals surface area contributed by atoms with E-state index in [-0.39, 0.29) is 5.91 Å². The quantitative estimate of drug-likeness (QED) is 0.888. The lowest BCUT2D eigenvalue weighted by atomic mass is 10.1. The first-order chi connectivity index (χ1) is 10.6. The van der Waals surface area contributed by atoms with Crippen LogP contribution in [0.15, 0.2) is 28.9 Å². The number of rotatable bonds is 6. The number of carbonyl (C=O) groups is 1. The maximum Gasteiger partial charge on any atom is 0.255 e. The molecule has 0 spiro atoms. The summed E-state index contributed by atoms with van der Waals surface area (Å²) in [6.07, 6.45) is 1.49. The van der Waals surface area contributed by atoms with Gasteiger partial charge < -0.3 is 23.9 Å². The van der Waals surface area contributed by atoms with Gasteiger partial charge in [-0.3, -0.25) is 4.79 Å². The number of furan rings is 1. The Morgan fingerprint density at radius 3 is 2.27 bits per heavy atom. The predicted octanol–water partition coefficient (Wildman–Crippen LogP) is 2.54. The van der Waals surface area contributed by atoms with Crippen molar-refractivity contribution < 1.29 is 23.4 Å². The number of nitrogens with one attached hydrogen (secondary N) is 1. The van der Waals surface area contributed by atoms with E-state index in [1.807, 2.05) is 0 Å². The Bertz CT molecular complexity index is 663. The second-order valence-corrected chi connectivity index (χ2v) is 4.59. The van der Waals surface area contributed by atoms with Crippen molar-refractivity contribution in [3.63, 3.8) is 0 Å². The van der Waals surface area contributed by atoms with Crippen molar-refractivity contribution in [1.29, 1.82) is 0 Å². The molecule has 1 amide bonds. The highest BCUT2D eigenvalue weighted by atomic mass is 16.5. The first-order valence-electron chi connectivity index (χ1n) is 6.71. The molecule has 0 fully saturated rings. The second-order valence-electron chi connectivity index (χ2n) is 4.59. The van der Waals surface area contributed by atoms with Crippen LogP contribution in [-0.2, 0) is 6.54 Å². The van der Waals surface area contributed by atoms with Crippen molar-refractivity contribution in [3.05, 3.63) is 41.3 Å². The minimum Gasteiger partial charge on any atom is -0.496 e. The molecule has 1 aromatic heterocycles. The summed E-state index contributed by atoms with van der Waals surface area (Å²) in [6, 6.07) is 5.14. The predicted molar refractivity (Wildman–Crippen MR) is 80.7 cm³/mol. The minimum atomic E-state index is -0.205. The molecule has 0 saturated heterocycles. The van der Waals surface area contributed by atoms with Gasteiger partial charge in [0.1, 0.15) is 11.5 Å². The van der Waals surface area contributed by atoms with Crippen LogP contribution in [0, 0.1) is 6.92 Å². The van der Waals surface area contributed by atoms with Gasteiger partial charge in [0.2, 0.25) is 0 Å². The van der Waals surface area contributed by atoms with Crippen LogP contribution in [0.2, 0.25) is 0 Å². The molecule has 0 aliphatic heterocycles. The van der Waals surface area contributed by atoms with Crippen LogP contribution in [0.3, 0.4) is 0 Å². The minimum absolute atomic E-state index is 0.205. The van der Waals surface area contributed by atoms with E-state index in [1.165, 1.54) is 6.26 Å². The molecule has 0 aliphatic carbocycles. The van der Waals surface area contributed by atoms with Gasteiger partial charge in [0, 0.05) is 18.2 Å². The Morgan fingerprint density at radius 1 is 1.09 bits per heavy atom. The van der Waals surface area contributed by atoms with Crippen LogP contribution in [0.1, 0.15) is 21.7 Å². The molecule has 2 rings (SSSR count). The average Bonchev–Trinajstić information content (AvgIpc) is 2.97. The van der Waals surface area contributed by atoms with Crippen LogP contribution < -0.4 is 19.5 Å². The third-order valence-corrected chi connectivity index (χ3v) is 3.33. The zero-order chi connectivity index (χ0) is 16.1. The molecule has 118 valence electrons.